The van der Waals surface area contributed by atoms with Crippen LogP contribution in [-0.2, 0) is 6.61 Å². The quantitative estimate of drug-likeness (QED) is 0.473. The maximum Gasteiger partial charge on any atom is 0.271 e. The topological polar surface area (TPSA) is 70.9 Å². The number of ether oxygens (including phenoxy) is 1. The van der Waals surface area contributed by atoms with E-state index in [0.717, 1.165) is 5.56 Å². The van der Waals surface area contributed by atoms with Crippen LogP contribution in [0, 0.1) is 5.82 Å². The first kappa shape index (κ1) is 19.4. The van der Waals surface area contributed by atoms with E-state index in [-0.39, 0.29) is 12.4 Å². The number of hydrazone groups is 1. The van der Waals surface area contributed by atoms with Gasteiger partial charge in [-0.3, -0.25) is 4.79 Å². The van der Waals surface area contributed by atoms with Crippen LogP contribution in [-0.4, -0.2) is 17.2 Å². The van der Waals surface area contributed by atoms with Gasteiger partial charge in [0.15, 0.2) is 0 Å². The van der Waals surface area contributed by atoms with E-state index in [2.05, 4.69) is 10.5 Å². The second-order valence-electron chi connectivity index (χ2n) is 5.80. The van der Waals surface area contributed by atoms with Crippen molar-refractivity contribution >= 4 is 23.7 Å². The molecule has 0 heterocycles. The molecule has 7 heteroatoms. The predicted molar refractivity (Wildman–Crippen MR) is 105 cm³/mol. The van der Waals surface area contributed by atoms with Crippen molar-refractivity contribution in [2.75, 3.05) is 0 Å². The SMILES string of the molecule is O=C(N/N=C/c1ccc(OCc2c(F)cccc2Cl)cc1)c1ccc(O)cc1. The summed E-state index contributed by atoms with van der Waals surface area (Å²) >= 11 is 5.97. The minimum Gasteiger partial charge on any atom is -0.508 e. The zero-order valence-corrected chi connectivity index (χ0v) is 15.4. The fourth-order valence-corrected chi connectivity index (χ4v) is 2.54. The standard InChI is InChI=1S/C21H16ClFN2O3/c22-19-2-1-3-20(23)18(19)13-28-17-10-4-14(5-11-17)12-24-25-21(27)15-6-8-16(26)9-7-15/h1-12,26H,13H2,(H,25,27)/b24-12+. The second-order valence-corrected chi connectivity index (χ2v) is 6.21. The number of hydrogen-bond donors (Lipinski definition) is 2. The summed E-state index contributed by atoms with van der Waals surface area (Å²) < 4.78 is 19.3. The van der Waals surface area contributed by atoms with Crippen molar-refractivity contribution in [2.24, 2.45) is 5.10 Å². The Morgan fingerprint density at radius 1 is 1.11 bits per heavy atom. The van der Waals surface area contributed by atoms with E-state index in [1.165, 1.54) is 42.6 Å². The molecule has 0 radical (unpaired) electrons. The monoisotopic (exact) mass is 398 g/mol. The maximum absolute atomic E-state index is 13.7. The van der Waals surface area contributed by atoms with E-state index in [4.69, 9.17) is 16.3 Å². The molecule has 142 valence electrons. The van der Waals surface area contributed by atoms with E-state index in [1.807, 2.05) is 0 Å². The number of nitrogens with zero attached hydrogens (tertiary/aromatic N) is 1. The lowest BCUT2D eigenvalue weighted by molar-refractivity contribution is 0.0955. The van der Waals surface area contributed by atoms with Crippen LogP contribution in [0.3, 0.4) is 0 Å². The van der Waals surface area contributed by atoms with Crippen molar-refractivity contribution in [3.8, 4) is 11.5 Å². The predicted octanol–water partition coefficient (Wildman–Crippen LogP) is 4.53. The number of aromatic hydroxyl groups is 1. The van der Waals surface area contributed by atoms with Gasteiger partial charge >= 0.3 is 0 Å². The van der Waals surface area contributed by atoms with Gasteiger partial charge in [-0.2, -0.15) is 5.10 Å². The Kier molecular flexibility index (Phi) is 6.24. The molecule has 1 amide bonds. The van der Waals surface area contributed by atoms with E-state index >= 15 is 0 Å². The van der Waals surface area contributed by atoms with E-state index in [1.54, 1.807) is 30.3 Å². The van der Waals surface area contributed by atoms with Crippen molar-refractivity contribution in [3.63, 3.8) is 0 Å². The number of amides is 1. The molecule has 0 aliphatic rings. The minimum absolute atomic E-state index is 0.0155. The lowest BCUT2D eigenvalue weighted by atomic mass is 10.2. The van der Waals surface area contributed by atoms with Crippen LogP contribution in [0.15, 0.2) is 71.8 Å². The first-order valence-corrected chi connectivity index (χ1v) is 8.69. The summed E-state index contributed by atoms with van der Waals surface area (Å²) in [6.45, 7) is 0.0155. The summed E-state index contributed by atoms with van der Waals surface area (Å²) in [6.07, 6.45) is 1.48. The van der Waals surface area contributed by atoms with Gasteiger partial charge < -0.3 is 9.84 Å². The van der Waals surface area contributed by atoms with Gasteiger partial charge in [0.25, 0.3) is 5.91 Å². The molecule has 0 fully saturated rings. The van der Waals surface area contributed by atoms with Crippen LogP contribution in [0.1, 0.15) is 21.5 Å². The molecule has 0 aromatic heterocycles. The zero-order chi connectivity index (χ0) is 19.9. The van der Waals surface area contributed by atoms with Crippen LogP contribution < -0.4 is 10.2 Å². The van der Waals surface area contributed by atoms with Crippen LogP contribution in [0.5, 0.6) is 11.5 Å². The van der Waals surface area contributed by atoms with Crippen molar-refractivity contribution in [2.45, 2.75) is 6.61 Å². The van der Waals surface area contributed by atoms with Crippen molar-refractivity contribution in [1.82, 2.24) is 5.43 Å². The van der Waals surface area contributed by atoms with Crippen molar-refractivity contribution in [1.29, 1.82) is 0 Å². The molecule has 0 bridgehead atoms. The fourth-order valence-electron chi connectivity index (χ4n) is 2.32. The summed E-state index contributed by atoms with van der Waals surface area (Å²) in [5, 5.41) is 13.4. The number of nitrogens with one attached hydrogen (secondary N) is 1. The third-order valence-corrected chi connectivity index (χ3v) is 4.19. The largest absolute Gasteiger partial charge is 0.508 e. The summed E-state index contributed by atoms with van der Waals surface area (Å²) in [5.74, 6) is -0.178. The zero-order valence-electron chi connectivity index (χ0n) is 14.6. The molecule has 0 saturated carbocycles. The first-order valence-electron chi connectivity index (χ1n) is 8.31. The molecular formula is C21H16ClFN2O3. The number of phenols is 1. The lowest BCUT2D eigenvalue weighted by Crippen LogP contribution is -2.17. The number of benzene rings is 3. The highest BCUT2D eigenvalue weighted by molar-refractivity contribution is 6.31. The molecule has 2 N–H and O–H groups in total. The smallest absolute Gasteiger partial charge is 0.271 e. The van der Waals surface area contributed by atoms with Gasteiger partial charge in [-0.05, 0) is 66.2 Å². The Morgan fingerprint density at radius 3 is 2.50 bits per heavy atom. The van der Waals surface area contributed by atoms with Gasteiger partial charge in [0.1, 0.15) is 23.9 Å². The van der Waals surface area contributed by atoms with Crippen molar-refractivity contribution in [3.05, 3.63) is 94.3 Å². The Hall–Kier alpha value is -3.38. The van der Waals surface area contributed by atoms with E-state index in [9.17, 15) is 14.3 Å². The van der Waals surface area contributed by atoms with Crippen LogP contribution in [0.4, 0.5) is 4.39 Å². The van der Waals surface area contributed by atoms with Gasteiger partial charge in [-0.15, -0.1) is 0 Å². The number of carbonyl (C=O) groups excluding carboxylic acids is 1. The number of rotatable bonds is 6. The summed E-state index contributed by atoms with van der Waals surface area (Å²) in [7, 11) is 0. The maximum atomic E-state index is 13.7. The number of halogens is 2. The van der Waals surface area contributed by atoms with E-state index in [0.29, 0.717) is 21.9 Å². The third-order valence-electron chi connectivity index (χ3n) is 3.83. The number of carbonyl (C=O) groups is 1. The first-order chi connectivity index (χ1) is 13.5. The highest BCUT2D eigenvalue weighted by Gasteiger charge is 2.07. The average Bonchev–Trinajstić information content (AvgIpc) is 2.69. The molecule has 28 heavy (non-hydrogen) atoms. The molecule has 3 rings (SSSR count). The Bertz CT molecular complexity index is 969. The van der Waals surface area contributed by atoms with Crippen LogP contribution in [0.25, 0.3) is 0 Å². The molecule has 0 aliphatic heterocycles. The lowest BCUT2D eigenvalue weighted by Gasteiger charge is -2.08. The molecule has 3 aromatic rings. The summed E-state index contributed by atoms with van der Waals surface area (Å²) in [5.41, 5.74) is 3.82. The molecular weight excluding hydrogens is 383 g/mol. The average molecular weight is 399 g/mol. The Labute approximate surface area is 166 Å². The van der Waals surface area contributed by atoms with Crippen LogP contribution in [0.2, 0.25) is 5.02 Å². The minimum atomic E-state index is -0.416. The molecule has 0 atom stereocenters. The molecule has 0 aliphatic carbocycles. The van der Waals surface area contributed by atoms with Gasteiger partial charge in [0, 0.05) is 11.1 Å². The number of hydrogen-bond acceptors (Lipinski definition) is 4. The van der Waals surface area contributed by atoms with Gasteiger partial charge in [-0.25, -0.2) is 9.82 Å². The Balaban J connectivity index is 1.54. The number of phenolic OH excluding ortho intramolecular Hbond substituents is 1. The van der Waals surface area contributed by atoms with Crippen LogP contribution >= 0.6 is 11.6 Å². The van der Waals surface area contributed by atoms with Gasteiger partial charge in [0.2, 0.25) is 0 Å². The van der Waals surface area contributed by atoms with Crippen molar-refractivity contribution < 1.29 is 19.0 Å². The highest BCUT2D eigenvalue weighted by atomic mass is 35.5. The van der Waals surface area contributed by atoms with Gasteiger partial charge in [-0.1, -0.05) is 17.7 Å². The normalized spacial score (nSPS) is 10.8. The summed E-state index contributed by atoms with van der Waals surface area (Å²) in [4.78, 5) is 11.9. The second kappa shape index (κ2) is 9.01. The highest BCUT2D eigenvalue weighted by Crippen LogP contribution is 2.21. The van der Waals surface area contributed by atoms with Gasteiger partial charge in [0.05, 0.1) is 11.2 Å². The molecule has 0 unspecified atom stereocenters. The molecule has 3 aromatic carbocycles. The summed E-state index contributed by atoms with van der Waals surface area (Å²) in [6, 6.07) is 17.2. The third kappa shape index (κ3) is 5.08. The molecule has 0 spiro atoms. The fraction of sp³-hybridized carbons (Fsp3) is 0.0476. The van der Waals surface area contributed by atoms with E-state index < -0.39 is 11.7 Å². The Morgan fingerprint density at radius 2 is 1.82 bits per heavy atom. The molecule has 5 nitrogen and oxygen atoms in total. The molecule has 0 saturated heterocycles.